The molecule has 9 heteroatoms. The molecule has 0 fully saturated rings. The molecule has 1 amide bonds. The summed E-state index contributed by atoms with van der Waals surface area (Å²) in [6.45, 7) is -0.443. The predicted octanol–water partition coefficient (Wildman–Crippen LogP) is 3.80. The molecule has 0 aliphatic carbocycles. The average Bonchev–Trinajstić information content (AvgIpc) is 3.47. The summed E-state index contributed by atoms with van der Waals surface area (Å²) in [6.07, 6.45) is -0.121. The van der Waals surface area contributed by atoms with Crippen LogP contribution in [0.25, 0.3) is 21.9 Å². The van der Waals surface area contributed by atoms with Crippen LogP contribution >= 0.6 is 11.3 Å². The van der Waals surface area contributed by atoms with Crippen molar-refractivity contribution in [2.45, 2.75) is 13.0 Å². The quantitative estimate of drug-likeness (QED) is 0.411. The van der Waals surface area contributed by atoms with E-state index in [0.29, 0.717) is 5.69 Å². The van der Waals surface area contributed by atoms with Crippen LogP contribution in [0.5, 0.6) is 0 Å². The standard InChI is InChI=1S/C23H19N3O5S/c27-20(24-18-10-5-4-9-17(18)16-7-2-1-3-8-16)15-30-21(28)12-13-26-23(29)31-22(25-26)19-11-6-14-32-19/h1-11,14H,12-13,15H2,(H,24,27). The van der Waals surface area contributed by atoms with Crippen molar-refractivity contribution < 1.29 is 18.7 Å². The number of hydrogen-bond donors (Lipinski definition) is 1. The summed E-state index contributed by atoms with van der Waals surface area (Å²) >= 11 is 1.39. The van der Waals surface area contributed by atoms with Crippen LogP contribution in [0.1, 0.15) is 6.42 Å². The Balaban J connectivity index is 1.29. The average molecular weight is 449 g/mol. The minimum Gasteiger partial charge on any atom is -0.456 e. The number of para-hydroxylation sites is 1. The van der Waals surface area contributed by atoms with Gasteiger partial charge in [0.05, 0.1) is 17.8 Å². The molecule has 4 rings (SSSR count). The molecule has 32 heavy (non-hydrogen) atoms. The van der Waals surface area contributed by atoms with Gasteiger partial charge in [-0.05, 0) is 23.1 Å². The zero-order chi connectivity index (χ0) is 22.3. The molecule has 8 nitrogen and oxygen atoms in total. The van der Waals surface area contributed by atoms with Gasteiger partial charge in [0.15, 0.2) is 6.61 Å². The van der Waals surface area contributed by atoms with Crippen LogP contribution in [-0.4, -0.2) is 28.3 Å². The Bertz CT molecular complexity index is 1260. The Morgan fingerprint density at radius 2 is 1.81 bits per heavy atom. The van der Waals surface area contributed by atoms with Crippen molar-refractivity contribution in [1.82, 2.24) is 9.78 Å². The lowest BCUT2D eigenvalue weighted by Crippen LogP contribution is -2.23. The number of esters is 1. The maximum absolute atomic E-state index is 12.3. The number of nitrogens with one attached hydrogen (secondary N) is 1. The monoisotopic (exact) mass is 449 g/mol. The number of anilines is 1. The van der Waals surface area contributed by atoms with Gasteiger partial charge in [-0.15, -0.1) is 16.4 Å². The molecule has 0 radical (unpaired) electrons. The molecule has 162 valence electrons. The van der Waals surface area contributed by atoms with Crippen molar-refractivity contribution in [2.75, 3.05) is 11.9 Å². The Kier molecular flexibility index (Phi) is 6.57. The molecule has 0 atom stereocenters. The Morgan fingerprint density at radius 1 is 1.03 bits per heavy atom. The molecule has 0 spiro atoms. The van der Waals surface area contributed by atoms with Gasteiger partial charge in [0.2, 0.25) is 0 Å². The molecule has 2 heterocycles. The van der Waals surface area contributed by atoms with Crippen LogP contribution in [0.2, 0.25) is 0 Å². The third-order valence-corrected chi connectivity index (χ3v) is 5.37. The highest BCUT2D eigenvalue weighted by atomic mass is 32.1. The molecule has 2 aromatic carbocycles. The van der Waals surface area contributed by atoms with Crippen LogP contribution < -0.4 is 11.1 Å². The lowest BCUT2D eigenvalue weighted by Gasteiger charge is -2.11. The maximum Gasteiger partial charge on any atom is 0.437 e. The summed E-state index contributed by atoms with van der Waals surface area (Å²) in [5.74, 6) is -1.53. The van der Waals surface area contributed by atoms with Gasteiger partial charge in [-0.3, -0.25) is 9.59 Å². The zero-order valence-electron chi connectivity index (χ0n) is 16.9. The second kappa shape index (κ2) is 9.88. The van der Waals surface area contributed by atoms with Gasteiger partial charge >= 0.3 is 11.7 Å². The molecule has 0 saturated carbocycles. The number of benzene rings is 2. The summed E-state index contributed by atoms with van der Waals surface area (Å²) in [4.78, 5) is 36.9. The van der Waals surface area contributed by atoms with E-state index < -0.39 is 24.2 Å². The lowest BCUT2D eigenvalue weighted by atomic mass is 10.0. The molecule has 0 aliphatic rings. The topological polar surface area (TPSA) is 103 Å². The number of amides is 1. The summed E-state index contributed by atoms with van der Waals surface area (Å²) in [6, 6.07) is 20.6. The van der Waals surface area contributed by atoms with E-state index in [4.69, 9.17) is 9.15 Å². The number of aryl methyl sites for hydroxylation is 1. The largest absolute Gasteiger partial charge is 0.456 e. The van der Waals surface area contributed by atoms with Crippen LogP contribution in [0.4, 0.5) is 5.69 Å². The van der Waals surface area contributed by atoms with E-state index in [1.54, 1.807) is 12.1 Å². The number of rotatable bonds is 8. The summed E-state index contributed by atoms with van der Waals surface area (Å²) in [5.41, 5.74) is 2.44. The maximum atomic E-state index is 12.3. The normalized spacial score (nSPS) is 10.6. The lowest BCUT2D eigenvalue weighted by molar-refractivity contribution is -0.147. The Labute approximate surface area is 187 Å². The minimum absolute atomic E-state index is 0.00893. The fourth-order valence-electron chi connectivity index (χ4n) is 3.01. The van der Waals surface area contributed by atoms with Gasteiger partial charge in [-0.25, -0.2) is 4.79 Å². The number of nitrogens with zero attached hydrogens (tertiary/aromatic N) is 2. The van der Waals surface area contributed by atoms with E-state index in [0.717, 1.165) is 20.7 Å². The first-order chi connectivity index (χ1) is 15.6. The highest BCUT2D eigenvalue weighted by molar-refractivity contribution is 7.13. The van der Waals surface area contributed by atoms with Crippen molar-refractivity contribution in [2.24, 2.45) is 0 Å². The van der Waals surface area contributed by atoms with E-state index in [1.807, 2.05) is 60.0 Å². The van der Waals surface area contributed by atoms with Crippen LogP contribution in [0.3, 0.4) is 0 Å². The van der Waals surface area contributed by atoms with Crippen molar-refractivity contribution in [1.29, 1.82) is 0 Å². The molecule has 0 unspecified atom stereocenters. The minimum atomic E-state index is -0.656. The molecule has 0 saturated heterocycles. The smallest absolute Gasteiger partial charge is 0.437 e. The number of aromatic nitrogens is 2. The second-order valence-corrected chi connectivity index (χ2v) is 7.69. The summed E-state index contributed by atoms with van der Waals surface area (Å²) in [5, 5.41) is 8.69. The number of thiophene rings is 1. The van der Waals surface area contributed by atoms with Crippen LogP contribution in [-0.2, 0) is 20.9 Å². The molecule has 0 aliphatic heterocycles. The van der Waals surface area contributed by atoms with Gasteiger partial charge in [0, 0.05) is 11.3 Å². The van der Waals surface area contributed by atoms with E-state index in [1.165, 1.54) is 11.3 Å². The number of hydrogen-bond acceptors (Lipinski definition) is 7. The summed E-state index contributed by atoms with van der Waals surface area (Å²) < 4.78 is 11.2. The van der Waals surface area contributed by atoms with Crippen molar-refractivity contribution >= 4 is 28.9 Å². The molecule has 4 aromatic rings. The molecule has 0 bridgehead atoms. The summed E-state index contributed by atoms with van der Waals surface area (Å²) in [7, 11) is 0. The van der Waals surface area contributed by atoms with Gasteiger partial charge in [-0.2, -0.15) is 4.68 Å². The predicted molar refractivity (Wildman–Crippen MR) is 120 cm³/mol. The van der Waals surface area contributed by atoms with Crippen LogP contribution in [0.15, 0.2) is 81.3 Å². The first kappa shape index (κ1) is 21.3. The highest BCUT2D eigenvalue weighted by Gasteiger charge is 2.14. The molecular formula is C23H19N3O5S. The van der Waals surface area contributed by atoms with E-state index >= 15 is 0 Å². The molecule has 2 aromatic heterocycles. The van der Waals surface area contributed by atoms with Gasteiger partial charge in [0.25, 0.3) is 11.8 Å². The van der Waals surface area contributed by atoms with Gasteiger partial charge in [0.1, 0.15) is 0 Å². The first-order valence-corrected chi connectivity index (χ1v) is 10.7. The second-order valence-electron chi connectivity index (χ2n) is 6.74. The van der Waals surface area contributed by atoms with Gasteiger partial charge in [-0.1, -0.05) is 54.6 Å². The molecular weight excluding hydrogens is 430 g/mol. The van der Waals surface area contributed by atoms with Crippen molar-refractivity contribution in [3.05, 3.63) is 82.7 Å². The fraction of sp³-hybridized carbons (Fsp3) is 0.130. The Hall–Kier alpha value is -3.98. The van der Waals surface area contributed by atoms with Crippen molar-refractivity contribution in [3.63, 3.8) is 0 Å². The van der Waals surface area contributed by atoms with E-state index in [-0.39, 0.29) is 18.9 Å². The van der Waals surface area contributed by atoms with Crippen molar-refractivity contribution in [3.8, 4) is 21.9 Å². The van der Waals surface area contributed by atoms with Gasteiger partial charge < -0.3 is 14.5 Å². The van der Waals surface area contributed by atoms with E-state index in [2.05, 4.69) is 10.4 Å². The SMILES string of the molecule is O=C(COC(=O)CCn1nc(-c2cccs2)oc1=O)Nc1ccccc1-c1ccccc1. The zero-order valence-corrected chi connectivity index (χ0v) is 17.7. The highest BCUT2D eigenvalue weighted by Crippen LogP contribution is 2.27. The third-order valence-electron chi connectivity index (χ3n) is 4.52. The van der Waals surface area contributed by atoms with Crippen LogP contribution in [0, 0.1) is 0 Å². The Morgan fingerprint density at radius 3 is 2.59 bits per heavy atom. The van der Waals surface area contributed by atoms with E-state index in [9.17, 15) is 14.4 Å². The number of ether oxygens (including phenoxy) is 1. The molecule has 1 N–H and O–H groups in total. The number of carbonyl (C=O) groups is 2. The third kappa shape index (κ3) is 5.19. The number of carbonyl (C=O) groups excluding carboxylic acids is 2. The fourth-order valence-corrected chi connectivity index (χ4v) is 3.65. The first-order valence-electron chi connectivity index (χ1n) is 9.82.